The molecule has 1 heterocycles. The van der Waals surface area contributed by atoms with Crippen molar-refractivity contribution in [1.29, 1.82) is 5.26 Å². The molecule has 5 nitrogen and oxygen atoms in total. The molecule has 0 radical (unpaired) electrons. The van der Waals surface area contributed by atoms with E-state index in [9.17, 15) is 22.8 Å². The summed E-state index contributed by atoms with van der Waals surface area (Å²) in [5.41, 5.74) is -2.33. The van der Waals surface area contributed by atoms with E-state index < -0.39 is 40.6 Å². The van der Waals surface area contributed by atoms with Gasteiger partial charge in [-0.3, -0.25) is 0 Å². The van der Waals surface area contributed by atoms with Crippen molar-refractivity contribution in [3.63, 3.8) is 0 Å². The third kappa shape index (κ3) is 3.51. The van der Waals surface area contributed by atoms with Crippen LogP contribution in [0.3, 0.4) is 0 Å². The van der Waals surface area contributed by atoms with Crippen LogP contribution in [0.5, 0.6) is 0 Å². The maximum Gasteiger partial charge on any atom is 0.417 e. The van der Waals surface area contributed by atoms with Gasteiger partial charge in [-0.25, -0.2) is 9.59 Å². The van der Waals surface area contributed by atoms with E-state index in [0.29, 0.717) is 6.07 Å². The van der Waals surface area contributed by atoms with Crippen LogP contribution in [0.1, 0.15) is 30.5 Å². The second kappa shape index (κ2) is 5.43. The SMILES string of the molecule is CC1(C)OC(=O)C(=Cc2ccc(C#N)c(C(F)(F)F)c2)C(=O)O1. The summed E-state index contributed by atoms with van der Waals surface area (Å²) in [5, 5.41) is 8.72. The lowest BCUT2D eigenvalue weighted by Gasteiger charge is -2.29. The molecule has 23 heavy (non-hydrogen) atoms. The van der Waals surface area contributed by atoms with Gasteiger partial charge in [-0.2, -0.15) is 18.4 Å². The molecule has 0 spiro atoms. The topological polar surface area (TPSA) is 76.4 Å². The fourth-order valence-electron chi connectivity index (χ4n) is 1.93. The molecule has 120 valence electrons. The van der Waals surface area contributed by atoms with Crippen LogP contribution in [-0.4, -0.2) is 17.7 Å². The predicted octanol–water partition coefficient (Wildman–Crippen LogP) is 2.80. The van der Waals surface area contributed by atoms with E-state index in [2.05, 4.69) is 0 Å². The first-order chi connectivity index (χ1) is 10.5. The Morgan fingerprint density at radius 3 is 2.22 bits per heavy atom. The molecule has 0 unspecified atom stereocenters. The Kier molecular flexibility index (Phi) is 3.90. The quantitative estimate of drug-likeness (QED) is 0.451. The third-order valence-electron chi connectivity index (χ3n) is 2.90. The molecule has 1 aromatic carbocycles. The van der Waals surface area contributed by atoms with Crippen LogP contribution >= 0.6 is 0 Å². The van der Waals surface area contributed by atoms with Crippen molar-refractivity contribution in [3.8, 4) is 6.07 Å². The van der Waals surface area contributed by atoms with Crippen molar-refractivity contribution in [3.05, 3.63) is 40.5 Å². The molecule has 8 heteroatoms. The van der Waals surface area contributed by atoms with Crippen LogP contribution < -0.4 is 0 Å². The number of benzene rings is 1. The number of nitriles is 1. The van der Waals surface area contributed by atoms with Gasteiger partial charge in [0.1, 0.15) is 5.57 Å². The molecule has 1 fully saturated rings. The van der Waals surface area contributed by atoms with E-state index >= 15 is 0 Å². The number of hydrogen-bond acceptors (Lipinski definition) is 5. The van der Waals surface area contributed by atoms with Crippen LogP contribution in [0.2, 0.25) is 0 Å². The van der Waals surface area contributed by atoms with Crippen molar-refractivity contribution in [2.75, 3.05) is 0 Å². The van der Waals surface area contributed by atoms with Crippen LogP contribution in [0, 0.1) is 11.3 Å². The number of carbonyl (C=O) groups is 2. The van der Waals surface area contributed by atoms with Gasteiger partial charge in [0.25, 0.3) is 5.79 Å². The summed E-state index contributed by atoms with van der Waals surface area (Å²) in [6.45, 7) is 2.70. The first-order valence-electron chi connectivity index (χ1n) is 6.33. The zero-order chi connectivity index (χ0) is 17.4. The summed E-state index contributed by atoms with van der Waals surface area (Å²) < 4.78 is 48.4. The summed E-state index contributed by atoms with van der Waals surface area (Å²) in [6, 6.07) is 4.25. The normalized spacial score (nSPS) is 17.1. The summed E-state index contributed by atoms with van der Waals surface area (Å²) in [6.07, 6.45) is -3.81. The summed E-state index contributed by atoms with van der Waals surface area (Å²) >= 11 is 0. The van der Waals surface area contributed by atoms with Crippen LogP contribution in [0.15, 0.2) is 23.8 Å². The maximum atomic E-state index is 12.9. The molecule has 1 aliphatic rings. The molecule has 0 amide bonds. The van der Waals surface area contributed by atoms with Gasteiger partial charge >= 0.3 is 18.1 Å². The van der Waals surface area contributed by atoms with Gasteiger partial charge in [-0.15, -0.1) is 0 Å². The number of ether oxygens (including phenoxy) is 2. The maximum absolute atomic E-state index is 12.9. The van der Waals surface area contributed by atoms with Gasteiger partial charge in [-0.05, 0) is 23.8 Å². The number of nitrogens with zero attached hydrogens (tertiary/aromatic N) is 1. The highest BCUT2D eigenvalue weighted by molar-refractivity contribution is 6.18. The van der Waals surface area contributed by atoms with Crippen molar-refractivity contribution >= 4 is 18.0 Å². The molecule has 0 atom stereocenters. The van der Waals surface area contributed by atoms with Gasteiger partial charge in [-0.1, -0.05) is 6.07 Å². The number of hydrogen-bond donors (Lipinski definition) is 0. The Balaban J connectivity index is 2.46. The number of alkyl halides is 3. The van der Waals surface area contributed by atoms with Crippen molar-refractivity contribution in [1.82, 2.24) is 0 Å². The van der Waals surface area contributed by atoms with Gasteiger partial charge in [0.05, 0.1) is 17.2 Å². The van der Waals surface area contributed by atoms with E-state index in [0.717, 1.165) is 12.1 Å². The van der Waals surface area contributed by atoms with Gasteiger partial charge in [0, 0.05) is 13.8 Å². The summed E-state index contributed by atoms with van der Waals surface area (Å²) in [4.78, 5) is 23.5. The van der Waals surface area contributed by atoms with Crippen molar-refractivity contribution in [2.45, 2.75) is 25.8 Å². The minimum absolute atomic E-state index is 0.0834. The lowest BCUT2D eigenvalue weighted by atomic mass is 10.0. The largest absolute Gasteiger partial charge is 0.419 e. The van der Waals surface area contributed by atoms with Crippen LogP contribution in [0.4, 0.5) is 13.2 Å². The molecular weight excluding hydrogens is 315 g/mol. The average Bonchev–Trinajstić information content (AvgIpc) is 2.40. The first-order valence-corrected chi connectivity index (χ1v) is 6.33. The van der Waals surface area contributed by atoms with Crippen molar-refractivity contribution in [2.24, 2.45) is 0 Å². The number of halogens is 3. The highest BCUT2D eigenvalue weighted by Crippen LogP contribution is 2.33. The van der Waals surface area contributed by atoms with E-state index in [1.165, 1.54) is 26.0 Å². The second-order valence-corrected chi connectivity index (χ2v) is 5.15. The summed E-state index contributed by atoms with van der Waals surface area (Å²) in [5.74, 6) is -3.43. The van der Waals surface area contributed by atoms with Gasteiger partial charge < -0.3 is 9.47 Å². The molecule has 1 aliphatic heterocycles. The van der Waals surface area contributed by atoms with Gasteiger partial charge in [0.15, 0.2) is 0 Å². The second-order valence-electron chi connectivity index (χ2n) is 5.15. The van der Waals surface area contributed by atoms with Gasteiger partial charge in [0.2, 0.25) is 0 Å². The average molecular weight is 325 g/mol. The summed E-state index contributed by atoms with van der Waals surface area (Å²) in [7, 11) is 0. The Morgan fingerprint density at radius 1 is 1.17 bits per heavy atom. The minimum atomic E-state index is -4.74. The Labute approximate surface area is 128 Å². The fraction of sp³-hybridized carbons (Fsp3) is 0.267. The molecule has 1 saturated heterocycles. The molecule has 0 saturated carbocycles. The molecule has 2 rings (SSSR count). The molecule has 0 aliphatic carbocycles. The predicted molar refractivity (Wildman–Crippen MR) is 70.4 cm³/mol. The van der Waals surface area contributed by atoms with E-state index in [-0.39, 0.29) is 5.56 Å². The van der Waals surface area contributed by atoms with Crippen LogP contribution in [-0.2, 0) is 25.2 Å². The molecule has 0 bridgehead atoms. The third-order valence-corrected chi connectivity index (χ3v) is 2.90. The fourth-order valence-corrected chi connectivity index (χ4v) is 1.93. The molecule has 0 aromatic heterocycles. The van der Waals surface area contributed by atoms with E-state index in [4.69, 9.17) is 14.7 Å². The monoisotopic (exact) mass is 325 g/mol. The van der Waals surface area contributed by atoms with E-state index in [1.807, 2.05) is 0 Å². The Hall–Kier alpha value is -2.82. The molecule has 1 aromatic rings. The number of cyclic esters (lactones) is 2. The zero-order valence-electron chi connectivity index (χ0n) is 12.0. The molecule has 0 N–H and O–H groups in total. The minimum Gasteiger partial charge on any atom is -0.419 e. The zero-order valence-corrected chi connectivity index (χ0v) is 12.0. The number of esters is 2. The molecular formula is C15H10F3NO4. The Morgan fingerprint density at radius 2 is 1.74 bits per heavy atom. The first kappa shape index (κ1) is 16.5. The van der Waals surface area contributed by atoms with Crippen LogP contribution in [0.25, 0.3) is 6.08 Å². The smallest absolute Gasteiger partial charge is 0.417 e. The standard InChI is InChI=1S/C15H10F3NO4/c1-14(2)22-12(20)10(13(21)23-14)5-8-3-4-9(7-19)11(6-8)15(16,17)18/h3-6H,1-2H3. The highest BCUT2D eigenvalue weighted by Gasteiger charge is 2.39. The lowest BCUT2D eigenvalue weighted by Crippen LogP contribution is -2.41. The lowest BCUT2D eigenvalue weighted by molar-refractivity contribution is -0.222. The highest BCUT2D eigenvalue weighted by atomic mass is 19.4. The number of carbonyl (C=O) groups excluding carboxylic acids is 2. The Bertz CT molecular complexity index is 735. The number of rotatable bonds is 1. The van der Waals surface area contributed by atoms with E-state index in [1.54, 1.807) is 0 Å². The van der Waals surface area contributed by atoms with Crippen molar-refractivity contribution < 1.29 is 32.2 Å².